The van der Waals surface area contributed by atoms with Gasteiger partial charge in [-0.25, -0.2) is 9.55 Å². The fourth-order valence-corrected chi connectivity index (χ4v) is 3.69. The van der Waals surface area contributed by atoms with Gasteiger partial charge in [0.05, 0.1) is 35.4 Å². The highest BCUT2D eigenvalue weighted by Gasteiger charge is 2.14. The van der Waals surface area contributed by atoms with Crippen molar-refractivity contribution in [1.29, 1.82) is 0 Å². The van der Waals surface area contributed by atoms with E-state index in [0.29, 0.717) is 29.7 Å². The first-order chi connectivity index (χ1) is 14.8. The molecule has 0 spiro atoms. The molecule has 31 heavy (non-hydrogen) atoms. The number of methoxy groups -OCH3 is 1. The molecule has 10 nitrogen and oxygen atoms in total. The molecule has 3 aromatic rings. The van der Waals surface area contributed by atoms with Crippen LogP contribution in [-0.2, 0) is 9.09 Å². The molecule has 0 aliphatic carbocycles. The van der Waals surface area contributed by atoms with Gasteiger partial charge < -0.3 is 19.8 Å². The van der Waals surface area contributed by atoms with Crippen LogP contribution in [-0.4, -0.2) is 40.0 Å². The molecule has 1 aromatic heterocycles. The lowest BCUT2D eigenvalue weighted by Crippen LogP contribution is -2.04. The first-order valence-electron chi connectivity index (χ1n) is 9.78. The Labute approximate surface area is 178 Å². The molecule has 11 heteroatoms. The number of nitro benzene ring substituents is 1. The summed E-state index contributed by atoms with van der Waals surface area (Å²) in [6, 6.07) is 10.1. The van der Waals surface area contributed by atoms with Crippen LogP contribution in [0.15, 0.2) is 36.4 Å². The molecular weight excluding hydrogens is 425 g/mol. The van der Waals surface area contributed by atoms with Crippen molar-refractivity contribution in [2.24, 2.45) is 0 Å². The lowest BCUT2D eigenvalue weighted by Gasteiger charge is -2.14. The molecule has 0 aliphatic rings. The summed E-state index contributed by atoms with van der Waals surface area (Å²) in [6.07, 6.45) is 3.03. The van der Waals surface area contributed by atoms with Crippen LogP contribution in [0.1, 0.15) is 25.7 Å². The van der Waals surface area contributed by atoms with Gasteiger partial charge in [0.15, 0.2) is 0 Å². The smallest absolute Gasteiger partial charge is 0.469 e. The molecule has 0 unspecified atom stereocenters. The van der Waals surface area contributed by atoms with Gasteiger partial charge in [-0.1, -0.05) is 12.8 Å². The van der Waals surface area contributed by atoms with Crippen molar-refractivity contribution in [3.8, 4) is 5.75 Å². The minimum atomic E-state index is -4.40. The first kappa shape index (κ1) is 22.9. The van der Waals surface area contributed by atoms with E-state index in [9.17, 15) is 14.7 Å². The third kappa shape index (κ3) is 6.11. The SMILES string of the molecule is COc1ccc2nc3cc([N+](=O)[O-])ccc3c(NCCCCCCOP(=O)(O)O)c2c1. The Morgan fingerprint density at radius 1 is 1.06 bits per heavy atom. The number of phosphoric ester groups is 1. The quantitative estimate of drug-likeness (QED) is 0.128. The van der Waals surface area contributed by atoms with Crippen molar-refractivity contribution < 1.29 is 28.5 Å². The molecule has 0 saturated carbocycles. The maximum Gasteiger partial charge on any atom is 0.469 e. The van der Waals surface area contributed by atoms with Gasteiger partial charge in [0, 0.05) is 29.4 Å². The number of rotatable bonds is 11. The zero-order valence-corrected chi connectivity index (χ0v) is 17.9. The molecule has 0 amide bonds. The topological polar surface area (TPSA) is 144 Å². The van der Waals surface area contributed by atoms with Crippen molar-refractivity contribution in [1.82, 2.24) is 4.98 Å². The maximum atomic E-state index is 11.1. The van der Waals surface area contributed by atoms with Crippen LogP contribution in [0.5, 0.6) is 5.75 Å². The van der Waals surface area contributed by atoms with Crippen LogP contribution in [0.3, 0.4) is 0 Å². The molecular formula is C20H24N3O7P. The summed E-state index contributed by atoms with van der Waals surface area (Å²) < 4.78 is 20.4. The number of unbranched alkanes of at least 4 members (excludes halogenated alkanes) is 3. The number of ether oxygens (including phenoxy) is 1. The van der Waals surface area contributed by atoms with Crippen LogP contribution in [0.2, 0.25) is 0 Å². The molecule has 0 atom stereocenters. The Hall–Kier alpha value is -2.78. The van der Waals surface area contributed by atoms with Crippen molar-refractivity contribution in [2.75, 3.05) is 25.6 Å². The van der Waals surface area contributed by atoms with Gasteiger partial charge >= 0.3 is 7.82 Å². The standard InChI is InChI=1S/C20H24N3O7P/c1-29-15-7-9-18-17(13-15)20(16-8-6-14(23(24)25)12-19(16)22-18)21-10-4-2-3-5-11-30-31(26,27)28/h6-9,12-13H,2-5,10-11H2,1H3,(H,21,22)(H2,26,27,28). The average Bonchev–Trinajstić information content (AvgIpc) is 2.73. The summed E-state index contributed by atoms with van der Waals surface area (Å²) in [5.74, 6) is 0.684. The molecule has 0 aliphatic heterocycles. The number of hydrogen-bond acceptors (Lipinski definition) is 7. The van der Waals surface area contributed by atoms with E-state index in [-0.39, 0.29) is 12.3 Å². The molecule has 0 radical (unpaired) electrons. The van der Waals surface area contributed by atoms with Crippen LogP contribution >= 0.6 is 7.82 Å². The number of aromatic nitrogens is 1. The third-order valence-electron chi connectivity index (χ3n) is 4.81. The van der Waals surface area contributed by atoms with E-state index in [2.05, 4.69) is 14.8 Å². The van der Waals surface area contributed by atoms with Crippen molar-refractivity contribution in [3.05, 3.63) is 46.5 Å². The molecule has 0 bridgehead atoms. The van der Waals surface area contributed by atoms with Crippen LogP contribution < -0.4 is 10.1 Å². The average molecular weight is 449 g/mol. The number of benzene rings is 2. The largest absolute Gasteiger partial charge is 0.497 e. The molecule has 3 rings (SSSR count). The van der Waals surface area contributed by atoms with Crippen LogP contribution in [0.4, 0.5) is 11.4 Å². The molecule has 2 aromatic carbocycles. The monoisotopic (exact) mass is 449 g/mol. The zero-order valence-electron chi connectivity index (χ0n) is 17.0. The fraction of sp³-hybridized carbons (Fsp3) is 0.350. The number of hydrogen-bond donors (Lipinski definition) is 3. The lowest BCUT2D eigenvalue weighted by atomic mass is 10.1. The van der Waals surface area contributed by atoms with Gasteiger partial charge in [0.1, 0.15) is 5.75 Å². The Balaban J connectivity index is 1.75. The van der Waals surface area contributed by atoms with Gasteiger partial charge in [-0.3, -0.25) is 14.6 Å². The van der Waals surface area contributed by atoms with Gasteiger partial charge in [-0.2, -0.15) is 0 Å². The second-order valence-corrected chi connectivity index (χ2v) is 8.23. The Morgan fingerprint density at radius 2 is 1.84 bits per heavy atom. The summed E-state index contributed by atoms with van der Waals surface area (Å²) in [6.45, 7) is 0.678. The Morgan fingerprint density at radius 3 is 2.55 bits per heavy atom. The summed E-state index contributed by atoms with van der Waals surface area (Å²) in [7, 11) is -2.82. The summed E-state index contributed by atoms with van der Waals surface area (Å²) in [5, 5.41) is 16.2. The number of nitro groups is 1. The second-order valence-electron chi connectivity index (χ2n) is 6.99. The number of anilines is 1. The number of nitrogens with zero attached hydrogens (tertiary/aromatic N) is 2. The van der Waals surface area contributed by atoms with Gasteiger partial charge in [0.2, 0.25) is 0 Å². The first-order valence-corrected chi connectivity index (χ1v) is 11.3. The minimum absolute atomic E-state index is 0.0173. The van der Waals surface area contributed by atoms with Gasteiger partial charge in [-0.05, 0) is 37.1 Å². The summed E-state index contributed by atoms with van der Waals surface area (Å²) in [5.41, 5.74) is 2.05. The highest BCUT2D eigenvalue weighted by atomic mass is 31.2. The van der Waals surface area contributed by atoms with E-state index in [4.69, 9.17) is 14.5 Å². The van der Waals surface area contributed by atoms with Crippen molar-refractivity contribution in [3.63, 3.8) is 0 Å². The van der Waals surface area contributed by atoms with E-state index in [1.807, 2.05) is 12.1 Å². The van der Waals surface area contributed by atoms with Crippen LogP contribution in [0, 0.1) is 10.1 Å². The minimum Gasteiger partial charge on any atom is -0.497 e. The highest BCUT2D eigenvalue weighted by molar-refractivity contribution is 7.46. The van der Waals surface area contributed by atoms with E-state index in [0.717, 1.165) is 35.7 Å². The Bertz CT molecular complexity index is 1130. The predicted molar refractivity (Wildman–Crippen MR) is 117 cm³/mol. The van der Waals surface area contributed by atoms with Crippen molar-refractivity contribution in [2.45, 2.75) is 25.7 Å². The summed E-state index contributed by atoms with van der Waals surface area (Å²) in [4.78, 5) is 32.6. The molecule has 3 N–H and O–H groups in total. The normalized spacial score (nSPS) is 11.7. The van der Waals surface area contributed by atoms with Gasteiger partial charge in [-0.15, -0.1) is 0 Å². The molecule has 0 saturated heterocycles. The fourth-order valence-electron chi connectivity index (χ4n) is 3.32. The van der Waals surface area contributed by atoms with E-state index in [1.54, 1.807) is 19.2 Å². The lowest BCUT2D eigenvalue weighted by molar-refractivity contribution is -0.384. The van der Waals surface area contributed by atoms with Crippen LogP contribution in [0.25, 0.3) is 21.8 Å². The number of fused-ring (bicyclic) bond motifs is 2. The molecule has 0 fully saturated rings. The number of nitrogens with one attached hydrogen (secondary N) is 1. The van der Waals surface area contributed by atoms with Crippen molar-refractivity contribution >= 4 is 41.0 Å². The van der Waals surface area contributed by atoms with E-state index >= 15 is 0 Å². The number of non-ortho nitro benzene ring substituents is 1. The molecule has 1 heterocycles. The Kier molecular flexibility index (Phi) is 7.40. The number of phosphoric acid groups is 1. The zero-order chi connectivity index (χ0) is 22.4. The maximum absolute atomic E-state index is 11.1. The predicted octanol–water partition coefficient (Wildman–Crippen LogP) is 4.39. The number of pyridine rings is 1. The summed E-state index contributed by atoms with van der Waals surface area (Å²) >= 11 is 0. The highest BCUT2D eigenvalue weighted by Crippen LogP contribution is 2.36. The third-order valence-corrected chi connectivity index (χ3v) is 5.33. The van der Waals surface area contributed by atoms with Gasteiger partial charge in [0.25, 0.3) is 5.69 Å². The molecule has 166 valence electrons. The second kappa shape index (κ2) is 10.0. The van der Waals surface area contributed by atoms with E-state index in [1.165, 1.54) is 12.1 Å². The van der Waals surface area contributed by atoms with E-state index < -0.39 is 12.7 Å².